The zero-order valence-electron chi connectivity index (χ0n) is 9.02. The fourth-order valence-electron chi connectivity index (χ4n) is 1.42. The van der Waals surface area contributed by atoms with Crippen molar-refractivity contribution in [2.45, 2.75) is 11.9 Å². The lowest BCUT2D eigenvalue weighted by molar-refractivity contribution is 0.0955. The molecule has 0 aliphatic rings. The van der Waals surface area contributed by atoms with E-state index in [9.17, 15) is 4.79 Å². The number of alkyl halides is 1. The van der Waals surface area contributed by atoms with Gasteiger partial charge in [0.1, 0.15) is 4.88 Å². The second-order valence-corrected chi connectivity index (χ2v) is 4.95. The summed E-state index contributed by atoms with van der Waals surface area (Å²) in [5.74, 6) is -0.0725. The van der Waals surface area contributed by atoms with Gasteiger partial charge in [-0.1, -0.05) is 40.2 Å². The molecule has 0 aliphatic heterocycles. The molecular weight excluding hydrogens is 300 g/mol. The Morgan fingerprint density at radius 2 is 2.24 bits per heavy atom. The smallest absolute Gasteiger partial charge is 0.263 e. The number of thiazole rings is 1. The molecule has 17 heavy (non-hydrogen) atoms. The highest BCUT2D eigenvalue weighted by atomic mass is 79.9. The van der Waals surface area contributed by atoms with Crippen molar-refractivity contribution in [2.75, 3.05) is 0 Å². The largest absolute Gasteiger partial charge is 0.347 e. The Balaban J connectivity index is 1.95. The van der Waals surface area contributed by atoms with Crippen molar-refractivity contribution >= 4 is 33.2 Å². The maximum atomic E-state index is 11.7. The van der Waals surface area contributed by atoms with Crippen molar-refractivity contribution in [1.82, 2.24) is 10.3 Å². The zero-order chi connectivity index (χ0) is 12.1. The fraction of sp³-hybridized carbons (Fsp3) is 0.167. The number of nitrogens with zero attached hydrogens (tertiary/aromatic N) is 1. The third-order valence-corrected chi connectivity index (χ3v) is 3.67. The van der Waals surface area contributed by atoms with Crippen molar-refractivity contribution in [3.8, 4) is 0 Å². The van der Waals surface area contributed by atoms with Crippen LogP contribution in [0.2, 0.25) is 0 Å². The molecule has 0 saturated heterocycles. The zero-order valence-corrected chi connectivity index (χ0v) is 11.4. The molecule has 3 nitrogen and oxygen atoms in total. The quantitative estimate of drug-likeness (QED) is 0.882. The first-order valence-electron chi connectivity index (χ1n) is 5.10. The lowest BCUT2D eigenvalue weighted by Crippen LogP contribution is -2.21. The number of benzene rings is 1. The number of carbonyl (C=O) groups excluding carboxylic acids is 1. The number of halogens is 1. The lowest BCUT2D eigenvalue weighted by atomic mass is 10.1. The first-order valence-corrected chi connectivity index (χ1v) is 7.10. The predicted molar refractivity (Wildman–Crippen MR) is 72.4 cm³/mol. The molecule has 0 bridgehead atoms. The minimum atomic E-state index is -0.0725. The van der Waals surface area contributed by atoms with Crippen LogP contribution in [-0.2, 0) is 11.9 Å². The van der Waals surface area contributed by atoms with Gasteiger partial charge in [-0.3, -0.25) is 9.78 Å². The van der Waals surface area contributed by atoms with Gasteiger partial charge in [-0.2, -0.15) is 0 Å². The molecule has 2 aromatic rings. The van der Waals surface area contributed by atoms with Gasteiger partial charge >= 0.3 is 0 Å². The third kappa shape index (κ3) is 3.38. The van der Waals surface area contributed by atoms with Crippen LogP contribution in [0.5, 0.6) is 0 Å². The SMILES string of the molecule is O=C(NCc1cccc(CBr)c1)c1cncs1. The van der Waals surface area contributed by atoms with Crippen LogP contribution >= 0.6 is 27.3 Å². The molecule has 0 unspecified atom stereocenters. The van der Waals surface area contributed by atoms with E-state index in [1.165, 1.54) is 16.9 Å². The number of amides is 1. The second kappa shape index (κ2) is 5.93. The van der Waals surface area contributed by atoms with Crippen molar-refractivity contribution in [2.24, 2.45) is 0 Å². The summed E-state index contributed by atoms with van der Waals surface area (Å²) >= 11 is 4.75. The van der Waals surface area contributed by atoms with Gasteiger partial charge < -0.3 is 5.32 Å². The van der Waals surface area contributed by atoms with Crippen LogP contribution in [0.25, 0.3) is 0 Å². The van der Waals surface area contributed by atoms with E-state index in [0.717, 1.165) is 10.9 Å². The van der Waals surface area contributed by atoms with Crippen LogP contribution in [0.4, 0.5) is 0 Å². The fourth-order valence-corrected chi connectivity index (χ4v) is 2.31. The summed E-state index contributed by atoms with van der Waals surface area (Å²) < 4.78 is 0. The van der Waals surface area contributed by atoms with Crippen molar-refractivity contribution in [1.29, 1.82) is 0 Å². The monoisotopic (exact) mass is 310 g/mol. The molecule has 88 valence electrons. The summed E-state index contributed by atoms with van der Waals surface area (Å²) in [5, 5.41) is 3.69. The Morgan fingerprint density at radius 1 is 1.41 bits per heavy atom. The molecule has 0 radical (unpaired) electrons. The van der Waals surface area contributed by atoms with Crippen molar-refractivity contribution < 1.29 is 4.79 Å². The summed E-state index contributed by atoms with van der Waals surface area (Å²) in [6.45, 7) is 0.539. The van der Waals surface area contributed by atoms with E-state index in [-0.39, 0.29) is 5.91 Å². The average Bonchev–Trinajstić information content (AvgIpc) is 2.90. The number of rotatable bonds is 4. The van der Waals surface area contributed by atoms with Crippen molar-refractivity contribution in [3.05, 3.63) is 52.0 Å². The maximum Gasteiger partial charge on any atom is 0.263 e. The molecule has 0 atom stereocenters. The van der Waals surface area contributed by atoms with E-state index >= 15 is 0 Å². The molecule has 1 aromatic heterocycles. The Bertz CT molecular complexity index is 499. The first kappa shape index (κ1) is 12.3. The Hall–Kier alpha value is -1.20. The summed E-state index contributed by atoms with van der Waals surface area (Å²) in [4.78, 5) is 16.2. The number of nitrogens with one attached hydrogen (secondary N) is 1. The van der Waals surface area contributed by atoms with Gasteiger partial charge in [0.05, 0.1) is 11.7 Å². The Labute approximate surface area is 112 Å². The van der Waals surface area contributed by atoms with Gasteiger partial charge in [0, 0.05) is 11.9 Å². The highest BCUT2D eigenvalue weighted by Gasteiger charge is 2.06. The first-order chi connectivity index (χ1) is 8.29. The van der Waals surface area contributed by atoms with E-state index in [1.807, 2.05) is 18.2 Å². The number of hydrogen-bond acceptors (Lipinski definition) is 3. The Kier molecular flexibility index (Phi) is 4.28. The summed E-state index contributed by atoms with van der Waals surface area (Å²) in [7, 11) is 0. The average molecular weight is 311 g/mol. The minimum Gasteiger partial charge on any atom is -0.347 e. The summed E-state index contributed by atoms with van der Waals surface area (Å²) in [5.41, 5.74) is 3.95. The van der Waals surface area contributed by atoms with Gasteiger partial charge in [-0.15, -0.1) is 11.3 Å². The van der Waals surface area contributed by atoms with Gasteiger partial charge in [0.15, 0.2) is 0 Å². The normalized spacial score (nSPS) is 10.2. The Morgan fingerprint density at radius 3 is 2.94 bits per heavy atom. The molecular formula is C12H11BrN2OS. The minimum absolute atomic E-state index is 0.0725. The molecule has 0 spiro atoms. The maximum absolute atomic E-state index is 11.7. The number of carbonyl (C=O) groups is 1. The predicted octanol–water partition coefficient (Wildman–Crippen LogP) is 2.97. The highest BCUT2D eigenvalue weighted by Crippen LogP contribution is 2.09. The van der Waals surface area contributed by atoms with E-state index in [4.69, 9.17) is 0 Å². The molecule has 0 aliphatic carbocycles. The van der Waals surface area contributed by atoms with E-state index in [2.05, 4.69) is 32.3 Å². The topological polar surface area (TPSA) is 42.0 Å². The summed E-state index contributed by atoms with van der Waals surface area (Å²) in [6.07, 6.45) is 1.58. The van der Waals surface area contributed by atoms with Crippen LogP contribution in [0.1, 0.15) is 20.8 Å². The highest BCUT2D eigenvalue weighted by molar-refractivity contribution is 9.08. The second-order valence-electron chi connectivity index (χ2n) is 3.50. The molecule has 5 heteroatoms. The van der Waals surface area contributed by atoms with Crippen LogP contribution in [0.15, 0.2) is 36.0 Å². The van der Waals surface area contributed by atoms with Crippen molar-refractivity contribution in [3.63, 3.8) is 0 Å². The van der Waals surface area contributed by atoms with Crippen LogP contribution < -0.4 is 5.32 Å². The van der Waals surface area contributed by atoms with Gasteiger partial charge in [-0.05, 0) is 11.1 Å². The standard InChI is InChI=1S/C12H11BrN2OS/c13-5-9-2-1-3-10(4-9)6-15-12(16)11-7-14-8-17-11/h1-4,7-8H,5-6H2,(H,15,16). The lowest BCUT2D eigenvalue weighted by Gasteiger charge is -2.05. The molecule has 1 aromatic carbocycles. The van der Waals surface area contributed by atoms with Gasteiger partial charge in [-0.25, -0.2) is 0 Å². The van der Waals surface area contributed by atoms with Crippen LogP contribution in [0, 0.1) is 0 Å². The third-order valence-electron chi connectivity index (χ3n) is 2.25. The molecule has 2 rings (SSSR count). The number of hydrogen-bond donors (Lipinski definition) is 1. The summed E-state index contributed by atoms with van der Waals surface area (Å²) in [6, 6.07) is 8.11. The molecule has 0 fully saturated rings. The van der Waals surface area contributed by atoms with Gasteiger partial charge in [0.2, 0.25) is 0 Å². The van der Waals surface area contributed by atoms with E-state index < -0.39 is 0 Å². The molecule has 1 N–H and O–H groups in total. The molecule has 0 saturated carbocycles. The van der Waals surface area contributed by atoms with Gasteiger partial charge in [0.25, 0.3) is 5.91 Å². The molecule has 1 heterocycles. The number of aromatic nitrogens is 1. The van der Waals surface area contributed by atoms with Crippen LogP contribution in [-0.4, -0.2) is 10.9 Å². The van der Waals surface area contributed by atoms with Crippen LogP contribution in [0.3, 0.4) is 0 Å². The van der Waals surface area contributed by atoms with E-state index in [0.29, 0.717) is 11.4 Å². The van der Waals surface area contributed by atoms with E-state index in [1.54, 1.807) is 11.7 Å². The molecule has 1 amide bonds.